The van der Waals surface area contributed by atoms with Crippen LogP contribution in [0.2, 0.25) is 0 Å². The summed E-state index contributed by atoms with van der Waals surface area (Å²) >= 11 is 0. The molecule has 4 heteroatoms. The number of nitrogens with one attached hydrogen (secondary N) is 1. The number of pyridine rings is 1. The Hall–Kier alpha value is -1.71. The first-order valence-corrected chi connectivity index (χ1v) is 4.71. The molecule has 0 spiro atoms. The van der Waals surface area contributed by atoms with Gasteiger partial charge in [0.15, 0.2) is 0 Å². The Labute approximate surface area is 88.7 Å². The third-order valence-corrected chi connectivity index (χ3v) is 2.04. The van der Waals surface area contributed by atoms with Gasteiger partial charge in [-0.15, -0.1) is 0 Å². The van der Waals surface area contributed by atoms with E-state index in [4.69, 9.17) is 0 Å². The van der Waals surface area contributed by atoms with Crippen LogP contribution in [-0.2, 0) is 16.1 Å². The van der Waals surface area contributed by atoms with E-state index in [1.54, 1.807) is 26.1 Å². The van der Waals surface area contributed by atoms with Gasteiger partial charge in [-0.25, -0.2) is 0 Å². The SMILES string of the molecule is CC(C)(C=O)C(=O)NCc1ccccn1. The number of hydrogen-bond acceptors (Lipinski definition) is 3. The zero-order valence-corrected chi connectivity index (χ0v) is 8.86. The molecule has 0 saturated heterocycles. The smallest absolute Gasteiger partial charge is 0.233 e. The summed E-state index contributed by atoms with van der Waals surface area (Å²) in [5.74, 6) is -0.289. The van der Waals surface area contributed by atoms with Crippen molar-refractivity contribution in [3.05, 3.63) is 30.1 Å². The number of rotatable bonds is 4. The molecule has 0 aliphatic rings. The topological polar surface area (TPSA) is 59.1 Å². The van der Waals surface area contributed by atoms with E-state index in [0.717, 1.165) is 5.69 Å². The van der Waals surface area contributed by atoms with Crippen molar-refractivity contribution in [2.45, 2.75) is 20.4 Å². The lowest BCUT2D eigenvalue weighted by Gasteiger charge is -2.15. The fraction of sp³-hybridized carbons (Fsp3) is 0.364. The standard InChI is InChI=1S/C11H14N2O2/c1-11(2,8-14)10(15)13-7-9-5-3-4-6-12-9/h3-6,8H,7H2,1-2H3,(H,13,15). The van der Waals surface area contributed by atoms with E-state index in [1.165, 1.54) is 0 Å². The number of carbonyl (C=O) groups is 2. The summed E-state index contributed by atoms with van der Waals surface area (Å²) in [4.78, 5) is 26.2. The molecule has 4 nitrogen and oxygen atoms in total. The van der Waals surface area contributed by atoms with Crippen LogP contribution >= 0.6 is 0 Å². The summed E-state index contributed by atoms with van der Waals surface area (Å²) in [7, 11) is 0. The van der Waals surface area contributed by atoms with Crippen LogP contribution in [-0.4, -0.2) is 17.2 Å². The second-order valence-corrected chi connectivity index (χ2v) is 3.84. The lowest BCUT2D eigenvalue weighted by atomic mass is 9.95. The monoisotopic (exact) mass is 206 g/mol. The summed E-state index contributed by atoms with van der Waals surface area (Å²) in [6, 6.07) is 5.47. The van der Waals surface area contributed by atoms with Gasteiger partial charge in [-0.1, -0.05) is 6.07 Å². The zero-order valence-electron chi connectivity index (χ0n) is 8.86. The predicted octanol–water partition coefficient (Wildman–Crippen LogP) is 0.923. The number of aromatic nitrogens is 1. The molecular formula is C11H14N2O2. The molecule has 0 fully saturated rings. The van der Waals surface area contributed by atoms with Gasteiger partial charge in [0.2, 0.25) is 5.91 Å². The molecule has 1 aromatic rings. The summed E-state index contributed by atoms with van der Waals surface area (Å²) in [6.07, 6.45) is 2.30. The second kappa shape index (κ2) is 4.68. The highest BCUT2D eigenvalue weighted by atomic mass is 16.2. The van der Waals surface area contributed by atoms with Gasteiger partial charge in [0.05, 0.1) is 17.7 Å². The normalized spacial score (nSPS) is 10.8. The first kappa shape index (κ1) is 11.4. The number of carbonyl (C=O) groups excluding carboxylic acids is 2. The van der Waals surface area contributed by atoms with Crippen molar-refractivity contribution in [1.82, 2.24) is 10.3 Å². The lowest BCUT2D eigenvalue weighted by Crippen LogP contribution is -2.37. The van der Waals surface area contributed by atoms with Crippen LogP contribution in [0.3, 0.4) is 0 Å². The minimum absolute atomic E-state index is 0.289. The van der Waals surface area contributed by atoms with Crippen molar-refractivity contribution >= 4 is 12.2 Å². The van der Waals surface area contributed by atoms with Gasteiger partial charge in [-0.3, -0.25) is 9.78 Å². The van der Waals surface area contributed by atoms with Crippen LogP contribution in [0.5, 0.6) is 0 Å². The number of nitrogens with zero attached hydrogens (tertiary/aromatic N) is 1. The number of aldehydes is 1. The van der Waals surface area contributed by atoms with E-state index in [1.807, 2.05) is 12.1 Å². The average molecular weight is 206 g/mol. The van der Waals surface area contributed by atoms with Crippen molar-refractivity contribution in [2.24, 2.45) is 5.41 Å². The van der Waals surface area contributed by atoms with E-state index < -0.39 is 5.41 Å². The van der Waals surface area contributed by atoms with E-state index in [-0.39, 0.29) is 5.91 Å². The van der Waals surface area contributed by atoms with Crippen LogP contribution in [0.4, 0.5) is 0 Å². The molecular weight excluding hydrogens is 192 g/mol. The van der Waals surface area contributed by atoms with Crippen LogP contribution in [0.25, 0.3) is 0 Å². The maximum atomic E-state index is 11.5. The molecule has 0 saturated carbocycles. The summed E-state index contributed by atoms with van der Waals surface area (Å²) < 4.78 is 0. The van der Waals surface area contributed by atoms with E-state index in [9.17, 15) is 9.59 Å². The van der Waals surface area contributed by atoms with Gasteiger partial charge in [0, 0.05) is 6.20 Å². The first-order valence-electron chi connectivity index (χ1n) is 4.71. The molecule has 0 atom stereocenters. The van der Waals surface area contributed by atoms with Crippen molar-refractivity contribution < 1.29 is 9.59 Å². The van der Waals surface area contributed by atoms with Crippen LogP contribution in [0.15, 0.2) is 24.4 Å². The van der Waals surface area contributed by atoms with E-state index in [0.29, 0.717) is 12.8 Å². The van der Waals surface area contributed by atoms with Gasteiger partial charge in [-0.05, 0) is 26.0 Å². The van der Waals surface area contributed by atoms with Crippen LogP contribution < -0.4 is 5.32 Å². The van der Waals surface area contributed by atoms with Gasteiger partial charge in [0.1, 0.15) is 6.29 Å². The van der Waals surface area contributed by atoms with E-state index >= 15 is 0 Å². The average Bonchev–Trinajstić information content (AvgIpc) is 2.27. The molecule has 15 heavy (non-hydrogen) atoms. The zero-order chi connectivity index (χ0) is 11.3. The molecule has 0 aromatic carbocycles. The molecule has 1 N–H and O–H groups in total. The fourth-order valence-corrected chi connectivity index (χ4v) is 0.955. The molecule has 0 aliphatic heterocycles. The number of amides is 1. The van der Waals surface area contributed by atoms with Crippen molar-refractivity contribution in [2.75, 3.05) is 0 Å². The Morgan fingerprint density at radius 3 is 2.80 bits per heavy atom. The summed E-state index contributed by atoms with van der Waals surface area (Å²) in [5.41, 5.74) is -0.207. The molecule has 0 aliphatic carbocycles. The molecule has 0 bridgehead atoms. The van der Waals surface area contributed by atoms with Crippen LogP contribution in [0.1, 0.15) is 19.5 Å². The largest absolute Gasteiger partial charge is 0.350 e. The van der Waals surface area contributed by atoms with Gasteiger partial charge in [0.25, 0.3) is 0 Å². The first-order chi connectivity index (χ1) is 7.06. The number of hydrogen-bond donors (Lipinski definition) is 1. The van der Waals surface area contributed by atoms with E-state index in [2.05, 4.69) is 10.3 Å². The lowest BCUT2D eigenvalue weighted by molar-refractivity contribution is -0.134. The highest BCUT2D eigenvalue weighted by Crippen LogP contribution is 2.10. The van der Waals surface area contributed by atoms with Gasteiger partial charge < -0.3 is 10.1 Å². The summed E-state index contributed by atoms with van der Waals surface area (Å²) in [6.45, 7) is 3.50. The second-order valence-electron chi connectivity index (χ2n) is 3.84. The Morgan fingerprint density at radius 2 is 2.27 bits per heavy atom. The van der Waals surface area contributed by atoms with Gasteiger partial charge in [-0.2, -0.15) is 0 Å². The third kappa shape index (κ3) is 3.16. The van der Waals surface area contributed by atoms with Crippen molar-refractivity contribution in [1.29, 1.82) is 0 Å². The van der Waals surface area contributed by atoms with Crippen molar-refractivity contribution in [3.63, 3.8) is 0 Å². The minimum atomic E-state index is -0.977. The molecule has 0 unspecified atom stereocenters. The Morgan fingerprint density at radius 1 is 1.53 bits per heavy atom. The Kier molecular flexibility index (Phi) is 3.55. The van der Waals surface area contributed by atoms with Crippen molar-refractivity contribution in [3.8, 4) is 0 Å². The Balaban J connectivity index is 2.52. The Bertz CT molecular complexity index is 347. The molecule has 1 heterocycles. The highest BCUT2D eigenvalue weighted by molar-refractivity contribution is 5.95. The molecule has 1 amide bonds. The molecule has 1 aromatic heterocycles. The molecule has 0 radical (unpaired) electrons. The van der Waals surface area contributed by atoms with Gasteiger partial charge >= 0.3 is 0 Å². The minimum Gasteiger partial charge on any atom is -0.350 e. The maximum absolute atomic E-state index is 11.5. The molecule has 1 rings (SSSR count). The third-order valence-electron chi connectivity index (χ3n) is 2.04. The van der Waals surface area contributed by atoms with Crippen LogP contribution in [0, 0.1) is 5.41 Å². The molecule has 80 valence electrons. The predicted molar refractivity (Wildman–Crippen MR) is 55.9 cm³/mol. The quantitative estimate of drug-likeness (QED) is 0.588. The summed E-state index contributed by atoms with van der Waals surface area (Å²) in [5, 5.41) is 2.66. The fourth-order valence-electron chi connectivity index (χ4n) is 0.955. The maximum Gasteiger partial charge on any atom is 0.233 e. The highest BCUT2D eigenvalue weighted by Gasteiger charge is 2.26.